The van der Waals surface area contributed by atoms with E-state index in [4.69, 9.17) is 0 Å². The molecule has 0 amide bonds. The maximum Gasteiger partial charge on any atom is 0.0682 e. The topological polar surface area (TPSA) is 26.7 Å². The lowest BCUT2D eigenvalue weighted by Gasteiger charge is -2.47. The van der Waals surface area contributed by atoms with Gasteiger partial charge in [0.1, 0.15) is 0 Å². The second kappa shape index (κ2) is 3.80. The Balaban J connectivity index is 1.82. The van der Waals surface area contributed by atoms with E-state index in [0.29, 0.717) is 18.1 Å². The van der Waals surface area contributed by atoms with E-state index in [9.17, 15) is 5.11 Å². The van der Waals surface area contributed by atoms with Gasteiger partial charge in [-0.05, 0) is 27.2 Å². The molecule has 1 N–H and O–H groups in total. The van der Waals surface area contributed by atoms with Crippen molar-refractivity contribution in [2.24, 2.45) is 0 Å². The number of hydrogen-bond acceptors (Lipinski definition) is 3. The van der Waals surface area contributed by atoms with Crippen molar-refractivity contribution in [1.29, 1.82) is 0 Å². The quantitative estimate of drug-likeness (QED) is 0.701. The van der Waals surface area contributed by atoms with Crippen molar-refractivity contribution in [3.63, 3.8) is 0 Å². The van der Waals surface area contributed by atoms with Crippen molar-refractivity contribution in [2.45, 2.75) is 51.4 Å². The summed E-state index contributed by atoms with van der Waals surface area (Å²) in [6.45, 7) is 9.99. The Hall–Kier alpha value is -0.120. The molecule has 0 saturated carbocycles. The Morgan fingerprint density at radius 1 is 1.21 bits per heavy atom. The van der Waals surface area contributed by atoms with Crippen LogP contribution in [-0.2, 0) is 0 Å². The highest BCUT2D eigenvalue weighted by molar-refractivity contribution is 4.95. The van der Waals surface area contributed by atoms with Crippen LogP contribution in [0.25, 0.3) is 0 Å². The van der Waals surface area contributed by atoms with Crippen LogP contribution in [0.5, 0.6) is 0 Å². The Kier molecular flexibility index (Phi) is 2.82. The van der Waals surface area contributed by atoms with E-state index in [-0.39, 0.29) is 6.10 Å². The molecule has 0 aromatic carbocycles. The number of nitrogens with zero attached hydrogens (tertiary/aromatic N) is 2. The summed E-state index contributed by atoms with van der Waals surface area (Å²) < 4.78 is 0. The summed E-state index contributed by atoms with van der Waals surface area (Å²) in [5, 5.41) is 9.56. The minimum absolute atomic E-state index is 0.0851. The average molecular weight is 198 g/mol. The third kappa shape index (κ3) is 1.81. The summed E-state index contributed by atoms with van der Waals surface area (Å²) in [5.74, 6) is 0. The highest BCUT2D eigenvalue weighted by atomic mass is 16.3. The molecule has 0 radical (unpaired) electrons. The van der Waals surface area contributed by atoms with E-state index in [2.05, 4.69) is 30.6 Å². The molecule has 0 spiro atoms. The van der Waals surface area contributed by atoms with Crippen LogP contribution >= 0.6 is 0 Å². The Morgan fingerprint density at radius 2 is 1.86 bits per heavy atom. The summed E-state index contributed by atoms with van der Waals surface area (Å²) >= 11 is 0. The molecule has 14 heavy (non-hydrogen) atoms. The predicted molar refractivity (Wildman–Crippen MR) is 57.3 cm³/mol. The molecule has 3 heteroatoms. The van der Waals surface area contributed by atoms with Crippen LogP contribution in [0.2, 0.25) is 0 Å². The van der Waals surface area contributed by atoms with E-state index in [1.165, 1.54) is 13.1 Å². The Morgan fingerprint density at radius 3 is 2.29 bits per heavy atom. The minimum Gasteiger partial charge on any atom is -0.392 e. The molecule has 2 fully saturated rings. The zero-order valence-corrected chi connectivity index (χ0v) is 9.48. The first kappa shape index (κ1) is 10.4. The molecule has 0 aromatic heterocycles. The number of likely N-dealkylation sites (tertiary alicyclic amines) is 2. The van der Waals surface area contributed by atoms with Crippen molar-refractivity contribution in [3.05, 3.63) is 0 Å². The third-order valence-electron chi connectivity index (χ3n) is 3.69. The molecule has 2 aliphatic heterocycles. The molecule has 0 aliphatic carbocycles. The molecule has 0 unspecified atom stereocenters. The third-order valence-corrected chi connectivity index (χ3v) is 3.69. The monoisotopic (exact) mass is 198 g/mol. The van der Waals surface area contributed by atoms with Gasteiger partial charge >= 0.3 is 0 Å². The first-order valence-corrected chi connectivity index (χ1v) is 5.75. The molecular formula is C11H22N2O. The van der Waals surface area contributed by atoms with Gasteiger partial charge in [-0.25, -0.2) is 0 Å². The Bertz CT molecular complexity index is 201. The molecule has 2 aliphatic rings. The van der Waals surface area contributed by atoms with Gasteiger partial charge in [0.2, 0.25) is 0 Å². The van der Waals surface area contributed by atoms with Crippen LogP contribution in [0.3, 0.4) is 0 Å². The maximum atomic E-state index is 9.56. The van der Waals surface area contributed by atoms with Gasteiger partial charge in [0, 0.05) is 37.8 Å². The lowest BCUT2D eigenvalue weighted by atomic mass is 10.0. The number of aliphatic hydroxyl groups is 1. The van der Waals surface area contributed by atoms with E-state index >= 15 is 0 Å². The number of β-amino-alcohol motifs (C(OH)–C–C–N with tert-alkyl or cyclic N) is 1. The van der Waals surface area contributed by atoms with Crippen LogP contribution in [0.15, 0.2) is 0 Å². The highest BCUT2D eigenvalue weighted by Gasteiger charge is 2.39. The minimum atomic E-state index is -0.0851. The van der Waals surface area contributed by atoms with E-state index < -0.39 is 0 Å². The SMILES string of the molecule is CC(C)N1CC(N2C[C@H](O)C[C@H]2C)C1. The van der Waals surface area contributed by atoms with Gasteiger partial charge in [-0.15, -0.1) is 0 Å². The van der Waals surface area contributed by atoms with Crippen LogP contribution in [0.1, 0.15) is 27.2 Å². The summed E-state index contributed by atoms with van der Waals surface area (Å²) in [6.07, 6.45) is 0.871. The summed E-state index contributed by atoms with van der Waals surface area (Å²) in [5.41, 5.74) is 0. The smallest absolute Gasteiger partial charge is 0.0682 e. The second-order valence-electron chi connectivity index (χ2n) is 5.14. The molecule has 2 atom stereocenters. The van der Waals surface area contributed by atoms with Crippen LogP contribution in [0, 0.1) is 0 Å². The molecule has 0 aromatic rings. The van der Waals surface area contributed by atoms with Gasteiger partial charge in [-0.3, -0.25) is 9.80 Å². The number of aliphatic hydroxyl groups excluding tert-OH is 1. The normalized spacial score (nSPS) is 36.6. The van der Waals surface area contributed by atoms with Crippen molar-refractivity contribution in [2.75, 3.05) is 19.6 Å². The fraction of sp³-hybridized carbons (Fsp3) is 1.00. The lowest BCUT2D eigenvalue weighted by Crippen LogP contribution is -2.61. The van der Waals surface area contributed by atoms with Gasteiger partial charge < -0.3 is 5.11 Å². The van der Waals surface area contributed by atoms with Crippen LogP contribution < -0.4 is 0 Å². The number of hydrogen-bond donors (Lipinski definition) is 1. The van der Waals surface area contributed by atoms with Gasteiger partial charge in [0.25, 0.3) is 0 Å². The lowest BCUT2D eigenvalue weighted by molar-refractivity contribution is 0.00648. The summed E-state index contributed by atoms with van der Waals surface area (Å²) in [6, 6.07) is 1.95. The fourth-order valence-electron chi connectivity index (χ4n) is 2.66. The largest absolute Gasteiger partial charge is 0.392 e. The Labute approximate surface area is 86.7 Å². The molecule has 2 rings (SSSR count). The standard InChI is InChI=1S/C11H22N2O/c1-8(2)12-5-10(6-12)13-7-11(14)4-9(13)3/h8-11,14H,4-7H2,1-3H3/t9-,11-/m1/s1. The van der Waals surface area contributed by atoms with E-state index in [1.54, 1.807) is 0 Å². The van der Waals surface area contributed by atoms with Crippen molar-refractivity contribution in [3.8, 4) is 0 Å². The fourth-order valence-corrected chi connectivity index (χ4v) is 2.66. The zero-order chi connectivity index (χ0) is 10.3. The van der Waals surface area contributed by atoms with Crippen molar-refractivity contribution >= 4 is 0 Å². The molecule has 82 valence electrons. The molecule has 0 bridgehead atoms. The molecule has 2 saturated heterocycles. The van der Waals surface area contributed by atoms with Gasteiger partial charge in [-0.1, -0.05) is 0 Å². The second-order valence-corrected chi connectivity index (χ2v) is 5.14. The first-order chi connectivity index (χ1) is 6.58. The maximum absolute atomic E-state index is 9.56. The van der Waals surface area contributed by atoms with E-state index in [1.807, 2.05) is 0 Å². The summed E-state index contributed by atoms with van der Waals surface area (Å²) in [7, 11) is 0. The number of rotatable bonds is 2. The van der Waals surface area contributed by atoms with Gasteiger partial charge in [0.05, 0.1) is 6.10 Å². The molecule has 2 heterocycles. The van der Waals surface area contributed by atoms with Crippen LogP contribution in [0.4, 0.5) is 0 Å². The van der Waals surface area contributed by atoms with E-state index in [0.717, 1.165) is 13.0 Å². The zero-order valence-electron chi connectivity index (χ0n) is 9.48. The molecule has 3 nitrogen and oxygen atoms in total. The van der Waals surface area contributed by atoms with Gasteiger partial charge in [-0.2, -0.15) is 0 Å². The first-order valence-electron chi connectivity index (χ1n) is 5.75. The highest BCUT2D eigenvalue weighted by Crippen LogP contribution is 2.26. The average Bonchev–Trinajstić information content (AvgIpc) is 2.26. The van der Waals surface area contributed by atoms with Gasteiger partial charge in [0.15, 0.2) is 0 Å². The van der Waals surface area contributed by atoms with Crippen LogP contribution in [-0.4, -0.2) is 58.8 Å². The van der Waals surface area contributed by atoms with Crippen molar-refractivity contribution in [1.82, 2.24) is 9.80 Å². The molecular weight excluding hydrogens is 176 g/mol. The predicted octanol–water partition coefficient (Wildman–Crippen LogP) is 0.534. The summed E-state index contributed by atoms with van der Waals surface area (Å²) in [4.78, 5) is 4.96. The van der Waals surface area contributed by atoms with Crippen molar-refractivity contribution < 1.29 is 5.11 Å².